The van der Waals surface area contributed by atoms with Gasteiger partial charge in [-0.15, -0.1) is 0 Å². The summed E-state index contributed by atoms with van der Waals surface area (Å²) in [7, 11) is -2.43. The molecule has 0 aliphatic rings. The van der Waals surface area contributed by atoms with Gasteiger partial charge in [-0.25, -0.2) is 9.59 Å². The average Bonchev–Trinajstić information content (AvgIpc) is 2.27. The number of hydrogen-bond donors (Lipinski definition) is 1. The second kappa shape index (κ2) is 5.80. The lowest BCUT2D eigenvalue weighted by Crippen LogP contribution is -2.08. The van der Waals surface area contributed by atoms with Crippen LogP contribution in [0.15, 0.2) is 24.3 Å². The summed E-state index contributed by atoms with van der Waals surface area (Å²) in [6.07, 6.45) is -0.183. The van der Waals surface area contributed by atoms with Gasteiger partial charge < -0.3 is 9.67 Å². The quantitative estimate of drug-likeness (QED) is 0.501. The highest BCUT2D eigenvalue weighted by atomic mass is 31.2. The van der Waals surface area contributed by atoms with E-state index in [9.17, 15) is 14.2 Å². The minimum Gasteiger partial charge on any atom is -0.478 e. The van der Waals surface area contributed by atoms with Gasteiger partial charge in [0.25, 0.3) is 0 Å². The minimum absolute atomic E-state index is 0.0268. The number of carboxylic acids is 1. The van der Waals surface area contributed by atoms with Gasteiger partial charge in [0.05, 0.1) is 11.1 Å². The first-order valence-electron chi connectivity index (χ1n) is 5.01. The maximum absolute atomic E-state index is 11.5. The third-order valence-corrected chi connectivity index (χ3v) is 2.57. The molecule has 0 amide bonds. The standard InChI is InChI=1S/C11H13O6P/c1-18(2,15)7-16-17-11(14)9-5-3-4-8(6-9)10(12)13/h3-6H,7H2,1-2H3,(H,12,13). The molecule has 0 heterocycles. The molecule has 0 saturated carbocycles. The number of hydrogen-bond acceptors (Lipinski definition) is 5. The molecule has 0 aliphatic heterocycles. The molecular weight excluding hydrogens is 259 g/mol. The zero-order valence-corrected chi connectivity index (χ0v) is 10.8. The van der Waals surface area contributed by atoms with Crippen molar-refractivity contribution in [3.8, 4) is 0 Å². The molecule has 1 N–H and O–H groups in total. The van der Waals surface area contributed by atoms with Gasteiger partial charge >= 0.3 is 11.9 Å². The summed E-state index contributed by atoms with van der Waals surface area (Å²) >= 11 is 0. The monoisotopic (exact) mass is 272 g/mol. The fourth-order valence-electron chi connectivity index (χ4n) is 1.03. The summed E-state index contributed by atoms with van der Waals surface area (Å²) in [5, 5.41) is 8.75. The van der Waals surface area contributed by atoms with Crippen molar-refractivity contribution in [1.29, 1.82) is 0 Å². The summed E-state index contributed by atoms with van der Waals surface area (Å²) in [6, 6.07) is 5.35. The van der Waals surface area contributed by atoms with Crippen LogP contribution in [0.3, 0.4) is 0 Å². The third kappa shape index (κ3) is 4.69. The lowest BCUT2D eigenvalue weighted by atomic mass is 10.1. The van der Waals surface area contributed by atoms with Crippen molar-refractivity contribution in [2.24, 2.45) is 0 Å². The first-order chi connectivity index (χ1) is 8.29. The van der Waals surface area contributed by atoms with Crippen LogP contribution in [0.5, 0.6) is 0 Å². The molecule has 0 fully saturated rings. The zero-order valence-electron chi connectivity index (χ0n) is 9.95. The molecule has 1 aromatic rings. The molecule has 0 atom stereocenters. The van der Waals surface area contributed by atoms with E-state index in [2.05, 4.69) is 9.78 Å². The molecule has 18 heavy (non-hydrogen) atoms. The SMILES string of the molecule is CP(C)(=O)COOC(=O)c1cccc(C(=O)O)c1. The molecule has 1 rings (SSSR count). The second-order valence-electron chi connectivity index (χ2n) is 4.08. The van der Waals surface area contributed by atoms with Crippen molar-refractivity contribution < 1.29 is 29.0 Å². The summed E-state index contributed by atoms with van der Waals surface area (Å²) < 4.78 is 11.3. The van der Waals surface area contributed by atoms with Crippen LogP contribution in [-0.2, 0) is 14.3 Å². The van der Waals surface area contributed by atoms with E-state index in [1.165, 1.54) is 37.6 Å². The molecule has 0 aliphatic carbocycles. The predicted octanol–water partition coefficient (Wildman–Crippen LogP) is 2.05. The van der Waals surface area contributed by atoms with Crippen LogP contribution in [0.25, 0.3) is 0 Å². The molecule has 7 heteroatoms. The number of carbonyl (C=O) groups excluding carboxylic acids is 1. The Hall–Kier alpha value is -1.65. The number of benzene rings is 1. The van der Waals surface area contributed by atoms with Crippen molar-refractivity contribution >= 4 is 19.1 Å². The topological polar surface area (TPSA) is 89.9 Å². The van der Waals surface area contributed by atoms with Gasteiger partial charge in [0, 0.05) is 0 Å². The fraction of sp³-hybridized carbons (Fsp3) is 0.273. The smallest absolute Gasteiger partial charge is 0.373 e. The number of carbonyl (C=O) groups is 2. The van der Waals surface area contributed by atoms with Crippen LogP contribution in [0, 0.1) is 0 Å². The Morgan fingerprint density at radius 1 is 1.28 bits per heavy atom. The Labute approximate surface area is 104 Å². The van der Waals surface area contributed by atoms with Gasteiger partial charge in [-0.1, -0.05) is 6.07 Å². The maximum atomic E-state index is 11.5. The maximum Gasteiger partial charge on any atom is 0.373 e. The highest BCUT2D eigenvalue weighted by molar-refractivity contribution is 7.62. The van der Waals surface area contributed by atoms with Gasteiger partial charge in [0.1, 0.15) is 13.5 Å². The Morgan fingerprint density at radius 3 is 2.44 bits per heavy atom. The Morgan fingerprint density at radius 2 is 1.89 bits per heavy atom. The molecule has 1 aromatic carbocycles. The van der Waals surface area contributed by atoms with E-state index in [1.54, 1.807) is 0 Å². The molecule has 0 unspecified atom stereocenters. The molecule has 0 spiro atoms. The normalized spacial score (nSPS) is 11.0. The van der Waals surface area contributed by atoms with Crippen LogP contribution in [0.4, 0.5) is 0 Å². The van der Waals surface area contributed by atoms with Crippen LogP contribution in [0.2, 0.25) is 0 Å². The third-order valence-electron chi connectivity index (χ3n) is 1.84. The minimum atomic E-state index is -2.43. The second-order valence-corrected chi connectivity index (χ2v) is 7.48. The van der Waals surface area contributed by atoms with Crippen LogP contribution < -0.4 is 0 Å². The van der Waals surface area contributed by atoms with Gasteiger partial charge in [-0.3, -0.25) is 4.89 Å². The number of aromatic carboxylic acids is 1. The Bertz CT molecular complexity index is 504. The van der Waals surface area contributed by atoms with Crippen LogP contribution in [-0.4, -0.2) is 36.7 Å². The van der Waals surface area contributed by atoms with Crippen molar-refractivity contribution in [2.75, 3.05) is 19.7 Å². The van der Waals surface area contributed by atoms with Crippen molar-refractivity contribution in [1.82, 2.24) is 0 Å². The van der Waals surface area contributed by atoms with E-state index in [-0.39, 0.29) is 17.5 Å². The number of rotatable bonds is 5. The molecule has 0 saturated heterocycles. The van der Waals surface area contributed by atoms with Gasteiger partial charge in [-0.2, -0.15) is 4.89 Å². The number of carboxylic acid groups (broad SMARTS) is 1. The fourth-order valence-corrected chi connectivity index (χ4v) is 1.34. The molecule has 0 bridgehead atoms. The summed E-state index contributed by atoms with van der Waals surface area (Å²) in [4.78, 5) is 31.2. The van der Waals surface area contributed by atoms with Gasteiger partial charge in [-0.05, 0) is 31.5 Å². The Kier molecular flexibility index (Phi) is 4.64. The first-order valence-corrected chi connectivity index (χ1v) is 7.79. The summed E-state index contributed by atoms with van der Waals surface area (Å²) in [5.41, 5.74) is 0.0260. The predicted molar refractivity (Wildman–Crippen MR) is 64.2 cm³/mol. The lowest BCUT2D eigenvalue weighted by Gasteiger charge is -2.06. The van der Waals surface area contributed by atoms with Crippen molar-refractivity contribution in [2.45, 2.75) is 0 Å². The van der Waals surface area contributed by atoms with E-state index in [0.717, 1.165) is 0 Å². The molecule has 0 aromatic heterocycles. The molecular formula is C11H13O6P. The van der Waals surface area contributed by atoms with Crippen molar-refractivity contribution in [3.05, 3.63) is 35.4 Å². The van der Waals surface area contributed by atoms with Gasteiger partial charge in [0.2, 0.25) is 0 Å². The van der Waals surface area contributed by atoms with E-state index in [0.29, 0.717) is 0 Å². The zero-order chi connectivity index (χ0) is 13.8. The molecule has 0 radical (unpaired) electrons. The van der Waals surface area contributed by atoms with Gasteiger partial charge in [0.15, 0.2) is 0 Å². The summed E-state index contributed by atoms with van der Waals surface area (Å²) in [6.45, 7) is 2.98. The Balaban J connectivity index is 2.64. The van der Waals surface area contributed by atoms with E-state index < -0.39 is 19.1 Å². The largest absolute Gasteiger partial charge is 0.478 e. The van der Waals surface area contributed by atoms with Crippen LogP contribution >= 0.6 is 7.14 Å². The highest BCUT2D eigenvalue weighted by Gasteiger charge is 2.14. The van der Waals surface area contributed by atoms with Crippen LogP contribution in [0.1, 0.15) is 20.7 Å². The molecule has 98 valence electrons. The van der Waals surface area contributed by atoms with E-state index >= 15 is 0 Å². The lowest BCUT2D eigenvalue weighted by molar-refractivity contribution is -0.225. The first kappa shape index (κ1) is 14.4. The van der Waals surface area contributed by atoms with E-state index in [1.807, 2.05) is 0 Å². The van der Waals surface area contributed by atoms with E-state index in [4.69, 9.17) is 5.11 Å². The highest BCUT2D eigenvalue weighted by Crippen LogP contribution is 2.35. The average molecular weight is 272 g/mol. The molecule has 6 nitrogen and oxygen atoms in total. The summed E-state index contributed by atoms with van der Waals surface area (Å²) in [5.74, 6) is -1.97. The van der Waals surface area contributed by atoms with Crippen molar-refractivity contribution in [3.63, 3.8) is 0 Å².